The lowest BCUT2D eigenvalue weighted by atomic mass is 10.0. The van der Waals surface area contributed by atoms with Gasteiger partial charge in [0.05, 0.1) is 12.6 Å². The molecule has 0 heterocycles. The first-order chi connectivity index (χ1) is 16.6. The molecule has 0 rings (SSSR count). The van der Waals surface area contributed by atoms with Crippen molar-refractivity contribution in [2.45, 2.75) is 104 Å². The monoisotopic (exact) mass is 545 g/mol. The van der Waals surface area contributed by atoms with Crippen molar-refractivity contribution in [3.05, 3.63) is 0 Å². The van der Waals surface area contributed by atoms with Gasteiger partial charge < -0.3 is 15.5 Å². The number of hydrogen-bond donors (Lipinski definition) is 2. The third kappa shape index (κ3) is 15.5. The number of rotatable bonds is 18. The highest BCUT2D eigenvalue weighted by Crippen LogP contribution is 2.39. The van der Waals surface area contributed by atoms with Gasteiger partial charge >= 0.3 is 0 Å². The highest BCUT2D eigenvalue weighted by molar-refractivity contribution is 8.77. The van der Waals surface area contributed by atoms with Crippen LogP contribution in [0.4, 0.5) is 0 Å². The van der Waals surface area contributed by atoms with Crippen molar-refractivity contribution in [1.29, 1.82) is 0 Å². The third-order valence-corrected chi connectivity index (χ3v) is 9.39. The van der Waals surface area contributed by atoms with Crippen LogP contribution in [-0.4, -0.2) is 70.4 Å². The molecule has 0 aromatic carbocycles. The van der Waals surface area contributed by atoms with Crippen molar-refractivity contribution >= 4 is 50.9 Å². The molecule has 2 N–H and O–H groups in total. The molecule has 0 radical (unpaired) electrons. The van der Waals surface area contributed by atoms with E-state index < -0.39 is 6.04 Å². The maximum absolute atomic E-state index is 12.3. The quantitative estimate of drug-likeness (QED) is 0.250. The summed E-state index contributed by atoms with van der Waals surface area (Å²) in [6.45, 7) is 15.7. The summed E-state index contributed by atoms with van der Waals surface area (Å²) in [5.41, 5.74) is 0. The highest BCUT2D eigenvalue weighted by atomic mass is 33.1. The van der Waals surface area contributed by atoms with Crippen molar-refractivity contribution in [2.75, 3.05) is 20.1 Å². The number of hydrogen-bond acceptors (Lipinski definition) is 7. The lowest BCUT2D eigenvalue weighted by Gasteiger charge is -2.25. The zero-order valence-electron chi connectivity index (χ0n) is 23.6. The van der Waals surface area contributed by atoms with Gasteiger partial charge in [0.15, 0.2) is 5.78 Å². The Kier molecular flexibility index (Phi) is 16.3. The van der Waals surface area contributed by atoms with Gasteiger partial charge in [-0.15, -0.1) is 0 Å². The van der Waals surface area contributed by atoms with Crippen LogP contribution in [0.1, 0.15) is 87.5 Å². The van der Waals surface area contributed by atoms with Gasteiger partial charge in [0.2, 0.25) is 17.7 Å². The maximum atomic E-state index is 12.3. The predicted molar refractivity (Wildman–Crippen MR) is 150 cm³/mol. The van der Waals surface area contributed by atoms with Crippen molar-refractivity contribution < 1.29 is 24.0 Å². The van der Waals surface area contributed by atoms with E-state index in [0.29, 0.717) is 25.8 Å². The molecule has 0 aliphatic carbocycles. The molecular weight excluding hydrogens is 498 g/mol. The van der Waals surface area contributed by atoms with Crippen molar-refractivity contribution in [3.8, 4) is 0 Å². The summed E-state index contributed by atoms with van der Waals surface area (Å²) >= 11 is 0. The number of amides is 3. The molecule has 0 saturated carbocycles. The summed E-state index contributed by atoms with van der Waals surface area (Å²) in [5, 5.41) is 5.88. The Balaban J connectivity index is 4.18. The Morgan fingerprint density at radius 2 is 1.50 bits per heavy atom. The first-order valence-corrected chi connectivity index (χ1v) is 15.0. The zero-order chi connectivity index (χ0) is 28.1. The molecule has 36 heavy (non-hydrogen) atoms. The standard InChI is InChI=1S/C26H47N3O5S2/c1-17(2)24(33)20(6)28-22(31)15-29(9)23(32)12-10-11-21(30)14-13-19(5)35-36-26(7,8)16-27-25(34)18(3)4/h17-20H,10-16H2,1-9H3,(H,27,34)(H,28,31)/t19?,20-/m0/s1. The number of likely N-dealkylation sites (N-methyl/N-ethyl adjacent to an activating group) is 1. The number of carbonyl (C=O) groups excluding carboxylic acids is 5. The van der Waals surface area contributed by atoms with E-state index in [9.17, 15) is 24.0 Å². The summed E-state index contributed by atoms with van der Waals surface area (Å²) in [6, 6.07) is -0.589. The van der Waals surface area contributed by atoms with Crippen LogP contribution in [-0.2, 0) is 24.0 Å². The van der Waals surface area contributed by atoms with E-state index in [1.807, 2.05) is 13.8 Å². The fraction of sp³-hybridized carbons (Fsp3) is 0.808. The van der Waals surface area contributed by atoms with E-state index >= 15 is 0 Å². The van der Waals surface area contributed by atoms with Gasteiger partial charge in [-0.2, -0.15) is 0 Å². The smallest absolute Gasteiger partial charge is 0.240 e. The minimum atomic E-state index is -0.589. The molecule has 10 heteroatoms. The minimum Gasteiger partial charge on any atom is -0.354 e. The number of nitrogens with one attached hydrogen (secondary N) is 2. The van der Waals surface area contributed by atoms with Gasteiger partial charge in [0.25, 0.3) is 0 Å². The van der Waals surface area contributed by atoms with Crippen molar-refractivity contribution in [3.63, 3.8) is 0 Å². The molecule has 0 aliphatic heterocycles. The van der Waals surface area contributed by atoms with Gasteiger partial charge in [-0.1, -0.05) is 56.2 Å². The minimum absolute atomic E-state index is 0.0334. The second kappa shape index (κ2) is 17.1. The normalized spacial score (nSPS) is 13.3. The summed E-state index contributed by atoms with van der Waals surface area (Å²) in [5.74, 6) is -0.660. The van der Waals surface area contributed by atoms with Gasteiger partial charge in [-0.3, -0.25) is 24.0 Å². The van der Waals surface area contributed by atoms with Crippen LogP contribution < -0.4 is 10.6 Å². The molecule has 1 unspecified atom stereocenters. The summed E-state index contributed by atoms with van der Waals surface area (Å²) < 4.78 is -0.112. The van der Waals surface area contributed by atoms with Crippen LogP contribution in [0.15, 0.2) is 0 Å². The molecule has 3 amide bonds. The number of Topliss-reactive ketones (excluding diaryl/α,β-unsaturated/α-hetero) is 2. The summed E-state index contributed by atoms with van der Waals surface area (Å²) in [4.78, 5) is 61.7. The Labute approximate surface area is 225 Å². The molecule has 0 bridgehead atoms. The topological polar surface area (TPSA) is 113 Å². The second-order valence-corrected chi connectivity index (χ2v) is 14.0. The van der Waals surface area contributed by atoms with E-state index in [4.69, 9.17) is 0 Å². The second-order valence-electron chi connectivity index (χ2n) is 10.6. The molecular formula is C26H47N3O5S2. The SMILES string of the molecule is CC(CCC(=O)CCCC(=O)N(C)CC(=O)N[C@@H](C)C(=O)C(C)C)SSC(C)(C)CNC(=O)C(C)C. The molecule has 8 nitrogen and oxygen atoms in total. The van der Waals surface area contributed by atoms with Crippen LogP contribution in [0.25, 0.3) is 0 Å². The molecule has 0 aromatic heterocycles. The molecule has 0 aliphatic rings. The average molecular weight is 546 g/mol. The van der Waals surface area contributed by atoms with Gasteiger partial charge in [-0.05, 0) is 33.6 Å². The van der Waals surface area contributed by atoms with E-state index in [1.165, 1.54) is 4.90 Å². The zero-order valence-corrected chi connectivity index (χ0v) is 25.2. The molecule has 0 fully saturated rings. The van der Waals surface area contributed by atoms with E-state index in [2.05, 4.69) is 31.4 Å². The van der Waals surface area contributed by atoms with Crippen LogP contribution in [0.3, 0.4) is 0 Å². The van der Waals surface area contributed by atoms with Crippen molar-refractivity contribution in [1.82, 2.24) is 15.5 Å². The average Bonchev–Trinajstić information content (AvgIpc) is 2.78. The molecule has 0 saturated heterocycles. The van der Waals surface area contributed by atoms with Crippen LogP contribution in [0.5, 0.6) is 0 Å². The van der Waals surface area contributed by atoms with Crippen LogP contribution >= 0.6 is 21.6 Å². The van der Waals surface area contributed by atoms with E-state index in [-0.39, 0.29) is 64.1 Å². The Morgan fingerprint density at radius 3 is 2.06 bits per heavy atom. The fourth-order valence-corrected chi connectivity index (χ4v) is 5.58. The Hall–Kier alpha value is -1.55. The summed E-state index contributed by atoms with van der Waals surface area (Å²) in [6.07, 6.45) is 2.21. The summed E-state index contributed by atoms with van der Waals surface area (Å²) in [7, 11) is 4.99. The maximum Gasteiger partial charge on any atom is 0.240 e. The van der Waals surface area contributed by atoms with Crippen LogP contribution in [0.2, 0.25) is 0 Å². The predicted octanol–water partition coefficient (Wildman–Crippen LogP) is 4.01. The fourth-order valence-electron chi connectivity index (χ4n) is 3.07. The lowest BCUT2D eigenvalue weighted by molar-refractivity contribution is -0.135. The van der Waals surface area contributed by atoms with Gasteiger partial charge in [0.1, 0.15) is 5.78 Å². The number of carbonyl (C=O) groups is 5. The van der Waals surface area contributed by atoms with Gasteiger partial charge in [0, 0.05) is 54.7 Å². The molecule has 0 aromatic rings. The largest absolute Gasteiger partial charge is 0.354 e. The molecule has 2 atom stereocenters. The highest BCUT2D eigenvalue weighted by Gasteiger charge is 2.23. The lowest BCUT2D eigenvalue weighted by Crippen LogP contribution is -2.45. The van der Waals surface area contributed by atoms with Crippen LogP contribution in [0, 0.1) is 11.8 Å². The third-order valence-electron chi connectivity index (χ3n) is 5.51. The first-order valence-electron chi connectivity index (χ1n) is 12.8. The van der Waals surface area contributed by atoms with E-state index in [1.54, 1.807) is 49.4 Å². The first kappa shape index (κ1) is 34.5. The molecule has 0 spiro atoms. The molecule has 208 valence electrons. The van der Waals surface area contributed by atoms with Gasteiger partial charge in [-0.25, -0.2) is 0 Å². The number of ketones is 2. The van der Waals surface area contributed by atoms with E-state index in [0.717, 1.165) is 6.42 Å². The Morgan fingerprint density at radius 1 is 0.889 bits per heavy atom. The van der Waals surface area contributed by atoms with Crippen molar-refractivity contribution in [2.24, 2.45) is 11.8 Å². The Bertz CT molecular complexity index is 756. The number of nitrogens with zero attached hydrogens (tertiary/aromatic N) is 1.